The highest BCUT2D eigenvalue weighted by molar-refractivity contribution is 5.92. The first-order chi connectivity index (χ1) is 12.1. The van der Waals surface area contributed by atoms with E-state index in [1.165, 1.54) is 12.4 Å². The Balaban J connectivity index is 1.90. The lowest BCUT2D eigenvalue weighted by atomic mass is 9.77. The van der Waals surface area contributed by atoms with Crippen molar-refractivity contribution in [2.45, 2.75) is 50.6 Å². The van der Waals surface area contributed by atoms with Gasteiger partial charge in [0.15, 0.2) is 0 Å². The Morgan fingerprint density at radius 1 is 1.40 bits per heavy atom. The molecule has 25 heavy (non-hydrogen) atoms. The summed E-state index contributed by atoms with van der Waals surface area (Å²) in [6.45, 7) is 3.88. The topological polar surface area (TPSA) is 75.6 Å². The van der Waals surface area contributed by atoms with Gasteiger partial charge in [0.1, 0.15) is 5.69 Å². The van der Waals surface area contributed by atoms with Crippen molar-refractivity contribution in [2.75, 3.05) is 26.8 Å². The van der Waals surface area contributed by atoms with Crippen molar-refractivity contribution in [3.63, 3.8) is 0 Å². The third-order valence-electron chi connectivity index (χ3n) is 5.56. The van der Waals surface area contributed by atoms with Crippen LogP contribution in [-0.4, -0.2) is 70.0 Å². The minimum atomic E-state index is -0.277. The minimum absolute atomic E-state index is 0.000868. The van der Waals surface area contributed by atoms with E-state index >= 15 is 0 Å². The smallest absolute Gasteiger partial charge is 0.274 e. The molecule has 1 aromatic heterocycles. The summed E-state index contributed by atoms with van der Waals surface area (Å²) >= 11 is 0. The fraction of sp³-hybridized carbons (Fsp3) is 0.667. The van der Waals surface area contributed by atoms with Gasteiger partial charge in [-0.3, -0.25) is 14.6 Å². The average Bonchev–Trinajstić information content (AvgIpc) is 2.96. The number of hydrogen-bond donors (Lipinski definition) is 0. The van der Waals surface area contributed by atoms with Gasteiger partial charge in [-0.15, -0.1) is 0 Å². The van der Waals surface area contributed by atoms with Crippen LogP contribution in [0.1, 0.15) is 49.5 Å². The Labute approximate surface area is 148 Å². The van der Waals surface area contributed by atoms with Crippen molar-refractivity contribution < 1.29 is 14.3 Å². The number of likely N-dealkylation sites (tertiary alicyclic amines) is 2. The molecule has 0 aliphatic carbocycles. The lowest BCUT2D eigenvalue weighted by Gasteiger charge is -2.52. The molecule has 2 atom stereocenters. The van der Waals surface area contributed by atoms with Gasteiger partial charge in [-0.25, -0.2) is 4.98 Å². The predicted molar refractivity (Wildman–Crippen MR) is 91.9 cm³/mol. The predicted octanol–water partition coefficient (Wildman–Crippen LogP) is 1.50. The van der Waals surface area contributed by atoms with Crippen molar-refractivity contribution in [1.29, 1.82) is 0 Å². The quantitative estimate of drug-likeness (QED) is 0.808. The summed E-state index contributed by atoms with van der Waals surface area (Å²) in [5, 5.41) is 0. The number of amides is 2. The highest BCUT2D eigenvalue weighted by Gasteiger charge is 2.54. The zero-order chi connectivity index (χ0) is 17.9. The SMILES string of the molecule is CC[C@@H]1N(C(=O)c2cnccn2)CCC[C@]12CCC(=O)N2CCOC. The third kappa shape index (κ3) is 3.13. The number of carbonyl (C=O) groups excluding carboxylic acids is 2. The van der Waals surface area contributed by atoms with Gasteiger partial charge in [0.05, 0.1) is 24.4 Å². The van der Waals surface area contributed by atoms with Crippen LogP contribution in [0.4, 0.5) is 0 Å². The zero-order valence-corrected chi connectivity index (χ0v) is 15.0. The molecule has 7 nitrogen and oxygen atoms in total. The second-order valence-electron chi connectivity index (χ2n) is 6.76. The molecule has 0 bridgehead atoms. The highest BCUT2D eigenvalue weighted by Crippen LogP contribution is 2.43. The molecule has 3 heterocycles. The fourth-order valence-electron chi connectivity index (χ4n) is 4.55. The molecular weight excluding hydrogens is 320 g/mol. The Morgan fingerprint density at radius 2 is 2.24 bits per heavy atom. The lowest BCUT2D eigenvalue weighted by Crippen LogP contribution is -2.64. The largest absolute Gasteiger partial charge is 0.383 e. The van der Waals surface area contributed by atoms with Gasteiger partial charge >= 0.3 is 0 Å². The van der Waals surface area contributed by atoms with Crippen molar-refractivity contribution in [2.24, 2.45) is 0 Å². The molecule has 7 heteroatoms. The molecule has 0 unspecified atom stereocenters. The summed E-state index contributed by atoms with van der Waals surface area (Å²) < 4.78 is 5.21. The summed E-state index contributed by atoms with van der Waals surface area (Å²) in [6.07, 6.45) is 8.60. The van der Waals surface area contributed by atoms with E-state index in [0.717, 1.165) is 25.7 Å². The first kappa shape index (κ1) is 17.8. The highest BCUT2D eigenvalue weighted by atomic mass is 16.5. The molecule has 1 aromatic rings. The average molecular weight is 346 g/mol. The van der Waals surface area contributed by atoms with E-state index in [1.54, 1.807) is 13.3 Å². The van der Waals surface area contributed by atoms with Crippen LogP contribution in [0.25, 0.3) is 0 Å². The molecule has 0 saturated carbocycles. The first-order valence-electron chi connectivity index (χ1n) is 9.00. The maximum Gasteiger partial charge on any atom is 0.274 e. The van der Waals surface area contributed by atoms with Crippen LogP contribution in [0.5, 0.6) is 0 Å². The van der Waals surface area contributed by atoms with Crippen LogP contribution >= 0.6 is 0 Å². The standard InChI is InChI=1S/C18H26N4O3/c1-3-15-18(7-5-16(23)22(18)11-12-25-2)6-4-10-21(15)17(24)14-13-19-8-9-20-14/h8-9,13,15H,3-7,10-12H2,1-2H3/t15-,18-/m0/s1. The van der Waals surface area contributed by atoms with Crippen LogP contribution < -0.4 is 0 Å². The van der Waals surface area contributed by atoms with Crippen molar-refractivity contribution in [3.05, 3.63) is 24.3 Å². The van der Waals surface area contributed by atoms with E-state index in [0.29, 0.717) is 31.8 Å². The molecule has 3 rings (SSSR count). The summed E-state index contributed by atoms with van der Waals surface area (Å²) in [5.41, 5.74) is 0.0891. The Kier molecular flexibility index (Phi) is 5.32. The van der Waals surface area contributed by atoms with Crippen molar-refractivity contribution in [1.82, 2.24) is 19.8 Å². The molecule has 1 spiro atoms. The molecular formula is C18H26N4O3. The van der Waals surface area contributed by atoms with Gasteiger partial charge < -0.3 is 14.5 Å². The lowest BCUT2D eigenvalue weighted by molar-refractivity contribution is -0.135. The number of aromatic nitrogens is 2. The van der Waals surface area contributed by atoms with Crippen LogP contribution in [0, 0.1) is 0 Å². The second-order valence-corrected chi connectivity index (χ2v) is 6.76. The van der Waals surface area contributed by atoms with Gasteiger partial charge in [0.2, 0.25) is 5.91 Å². The van der Waals surface area contributed by atoms with E-state index in [-0.39, 0.29) is 23.4 Å². The molecule has 0 radical (unpaired) electrons. The number of carbonyl (C=O) groups is 2. The van der Waals surface area contributed by atoms with Gasteiger partial charge in [-0.2, -0.15) is 0 Å². The number of nitrogens with zero attached hydrogens (tertiary/aromatic N) is 4. The van der Waals surface area contributed by atoms with Crippen molar-refractivity contribution in [3.8, 4) is 0 Å². The number of ether oxygens (including phenoxy) is 1. The maximum absolute atomic E-state index is 13.0. The number of hydrogen-bond acceptors (Lipinski definition) is 5. The Bertz CT molecular complexity index is 624. The monoisotopic (exact) mass is 346 g/mol. The normalized spacial score (nSPS) is 26.5. The first-order valence-corrected chi connectivity index (χ1v) is 9.00. The minimum Gasteiger partial charge on any atom is -0.383 e. The Morgan fingerprint density at radius 3 is 2.92 bits per heavy atom. The van der Waals surface area contributed by atoms with Crippen LogP contribution in [0.2, 0.25) is 0 Å². The van der Waals surface area contributed by atoms with E-state index in [2.05, 4.69) is 16.9 Å². The van der Waals surface area contributed by atoms with Crippen LogP contribution in [0.15, 0.2) is 18.6 Å². The van der Waals surface area contributed by atoms with Gasteiger partial charge in [0.25, 0.3) is 5.91 Å². The molecule has 2 fully saturated rings. The van der Waals surface area contributed by atoms with E-state index < -0.39 is 0 Å². The molecule has 2 aliphatic rings. The maximum atomic E-state index is 13.0. The van der Waals surface area contributed by atoms with E-state index in [9.17, 15) is 9.59 Å². The summed E-state index contributed by atoms with van der Waals surface area (Å²) in [7, 11) is 1.65. The molecule has 136 valence electrons. The third-order valence-corrected chi connectivity index (χ3v) is 5.56. The number of rotatable bonds is 5. The zero-order valence-electron chi connectivity index (χ0n) is 15.0. The summed E-state index contributed by atoms with van der Waals surface area (Å²) in [5.74, 6) is 0.0781. The van der Waals surface area contributed by atoms with Crippen LogP contribution in [-0.2, 0) is 9.53 Å². The molecule has 2 aliphatic heterocycles. The fourth-order valence-corrected chi connectivity index (χ4v) is 4.55. The van der Waals surface area contributed by atoms with E-state index in [4.69, 9.17) is 4.74 Å². The summed E-state index contributed by atoms with van der Waals surface area (Å²) in [6, 6.07) is -0.000868. The molecule has 0 aromatic carbocycles. The van der Waals surface area contributed by atoms with Gasteiger partial charge in [-0.1, -0.05) is 6.92 Å². The van der Waals surface area contributed by atoms with Gasteiger partial charge in [-0.05, 0) is 25.7 Å². The molecule has 0 N–H and O–H groups in total. The Hall–Kier alpha value is -2.02. The van der Waals surface area contributed by atoms with Crippen molar-refractivity contribution >= 4 is 11.8 Å². The molecule has 2 saturated heterocycles. The van der Waals surface area contributed by atoms with Gasteiger partial charge in [0, 0.05) is 39.0 Å². The van der Waals surface area contributed by atoms with E-state index in [1.807, 2.05) is 9.80 Å². The number of methoxy groups -OCH3 is 1. The second kappa shape index (κ2) is 7.47. The number of piperidine rings is 1. The van der Waals surface area contributed by atoms with Crippen LogP contribution in [0.3, 0.4) is 0 Å². The molecule has 2 amide bonds. The summed E-state index contributed by atoms with van der Waals surface area (Å²) in [4.78, 5) is 37.6.